The van der Waals surface area contributed by atoms with Crippen LogP contribution >= 0.6 is 15.6 Å². The highest BCUT2D eigenvalue weighted by Crippen LogP contribution is 2.45. The summed E-state index contributed by atoms with van der Waals surface area (Å²) in [7, 11) is -9.93. The average Bonchev–Trinajstić information content (AvgIpc) is 0.903. The first kappa shape index (κ1) is 104. The fourth-order valence-electron chi connectivity index (χ4n) is 13.5. The monoisotopic (exact) mass is 1550 g/mol. The van der Waals surface area contributed by atoms with Gasteiger partial charge in [0.15, 0.2) is 12.2 Å². The first-order valence-electron chi connectivity index (χ1n) is 44.9. The summed E-state index contributed by atoms with van der Waals surface area (Å²) in [5.41, 5.74) is 0. The van der Waals surface area contributed by atoms with Gasteiger partial charge in [0.25, 0.3) is 0 Å². The normalized spacial score (nSPS) is 14.1. The molecule has 630 valence electrons. The fraction of sp³-hybridized carbons (Fsp3) is 0.954. The molecular formula is C87H170O17P2. The number of ether oxygens (including phenoxy) is 4. The molecule has 19 heteroatoms. The van der Waals surface area contributed by atoms with Crippen molar-refractivity contribution in [2.75, 3.05) is 39.6 Å². The SMILES string of the molecule is CCCCCCCCCCCCCCCCCCCCC(=O)O[C@H](COC(=O)CCCCCCCCC(C)C)COP(=O)(O)OC[C@H](O)COP(=O)(O)OC[C@@H](COC(=O)CCCCCCCCCCCCCCCCC(C)CC)OC(=O)CCCCCCCCCCCCCCCCCCCCC(C)C. The molecule has 0 aliphatic carbocycles. The Labute approximate surface area is 651 Å². The van der Waals surface area contributed by atoms with Gasteiger partial charge in [-0.15, -0.1) is 0 Å². The van der Waals surface area contributed by atoms with Gasteiger partial charge >= 0.3 is 39.5 Å². The minimum absolute atomic E-state index is 0.108. The van der Waals surface area contributed by atoms with E-state index in [4.69, 9.17) is 37.0 Å². The van der Waals surface area contributed by atoms with Crippen molar-refractivity contribution in [2.45, 2.75) is 478 Å². The Bertz CT molecular complexity index is 2050. The summed E-state index contributed by atoms with van der Waals surface area (Å²) < 4.78 is 68.9. The number of carbonyl (C=O) groups is 4. The smallest absolute Gasteiger partial charge is 0.462 e. The van der Waals surface area contributed by atoms with Crippen LogP contribution in [0.4, 0.5) is 0 Å². The number of phosphoric acid groups is 2. The highest BCUT2D eigenvalue weighted by atomic mass is 31.2. The van der Waals surface area contributed by atoms with Crippen molar-refractivity contribution in [3.05, 3.63) is 0 Å². The van der Waals surface area contributed by atoms with E-state index in [1.54, 1.807) is 0 Å². The molecule has 106 heavy (non-hydrogen) atoms. The molecule has 6 atom stereocenters. The molecule has 0 aromatic heterocycles. The maximum Gasteiger partial charge on any atom is 0.472 e. The molecule has 0 heterocycles. The number of phosphoric ester groups is 2. The van der Waals surface area contributed by atoms with Crippen molar-refractivity contribution in [3.63, 3.8) is 0 Å². The van der Waals surface area contributed by atoms with Crippen molar-refractivity contribution in [3.8, 4) is 0 Å². The predicted octanol–water partition coefficient (Wildman–Crippen LogP) is 26.5. The summed E-state index contributed by atoms with van der Waals surface area (Å²) in [6.07, 6.45) is 68.2. The van der Waals surface area contributed by atoms with Gasteiger partial charge in [0, 0.05) is 25.7 Å². The minimum Gasteiger partial charge on any atom is -0.462 e. The van der Waals surface area contributed by atoms with Crippen molar-refractivity contribution in [1.82, 2.24) is 0 Å². The Morgan fingerprint density at radius 1 is 0.274 bits per heavy atom. The van der Waals surface area contributed by atoms with E-state index in [-0.39, 0.29) is 25.7 Å². The van der Waals surface area contributed by atoms with Gasteiger partial charge in [0.2, 0.25) is 0 Å². The van der Waals surface area contributed by atoms with Crippen LogP contribution < -0.4 is 0 Å². The largest absolute Gasteiger partial charge is 0.472 e. The average molecular weight is 1550 g/mol. The summed E-state index contributed by atoms with van der Waals surface area (Å²) >= 11 is 0. The molecule has 0 aliphatic rings. The third-order valence-electron chi connectivity index (χ3n) is 20.7. The van der Waals surface area contributed by atoms with Gasteiger partial charge in [-0.05, 0) is 43.4 Å². The molecule has 0 aromatic rings. The third kappa shape index (κ3) is 78.7. The van der Waals surface area contributed by atoms with Gasteiger partial charge in [0.05, 0.1) is 26.4 Å². The van der Waals surface area contributed by atoms with Crippen LogP contribution in [0.3, 0.4) is 0 Å². The van der Waals surface area contributed by atoms with E-state index in [1.807, 2.05) is 0 Å². The van der Waals surface area contributed by atoms with E-state index in [9.17, 15) is 43.2 Å². The molecule has 0 bridgehead atoms. The van der Waals surface area contributed by atoms with Crippen LogP contribution in [0.15, 0.2) is 0 Å². The lowest BCUT2D eigenvalue weighted by atomic mass is 9.99. The number of carbonyl (C=O) groups excluding carboxylic acids is 4. The summed E-state index contributed by atoms with van der Waals surface area (Å²) in [6.45, 7) is 12.0. The van der Waals surface area contributed by atoms with Crippen LogP contribution in [-0.2, 0) is 65.4 Å². The van der Waals surface area contributed by atoms with Gasteiger partial charge in [0.1, 0.15) is 19.3 Å². The highest BCUT2D eigenvalue weighted by Gasteiger charge is 2.31. The zero-order valence-corrected chi connectivity index (χ0v) is 71.7. The summed E-state index contributed by atoms with van der Waals surface area (Å²) in [5.74, 6) is 0.244. The molecule has 0 fully saturated rings. The van der Waals surface area contributed by atoms with Crippen LogP contribution in [0.2, 0.25) is 0 Å². The van der Waals surface area contributed by atoms with Gasteiger partial charge < -0.3 is 33.8 Å². The van der Waals surface area contributed by atoms with Crippen LogP contribution in [0.1, 0.15) is 459 Å². The first-order chi connectivity index (χ1) is 51.3. The second-order valence-electron chi connectivity index (χ2n) is 32.5. The predicted molar refractivity (Wildman–Crippen MR) is 437 cm³/mol. The van der Waals surface area contributed by atoms with E-state index in [0.29, 0.717) is 31.6 Å². The van der Waals surface area contributed by atoms with E-state index >= 15 is 0 Å². The van der Waals surface area contributed by atoms with E-state index in [1.165, 1.54) is 263 Å². The first-order valence-corrected chi connectivity index (χ1v) is 47.9. The number of rotatable bonds is 85. The zero-order valence-electron chi connectivity index (χ0n) is 69.9. The minimum atomic E-state index is -4.97. The number of hydrogen-bond donors (Lipinski definition) is 3. The Hall–Kier alpha value is -1.94. The standard InChI is InChI=1S/C87H170O17P2/c1-8-10-11-12-13-14-15-16-17-18-22-25-32-37-42-47-56-64-71-87(92)104-83(75-98-85(90)69-62-55-50-49-52-59-66-79(5)6)77-102-106(95,96)100-73-81(88)72-99-105(93,94)101-76-82(74-97-84(89)68-61-54-46-41-36-31-28-27-30-35-40-45-53-60-67-80(7)9-2)103-86(91)70-63-57-48-43-38-33-26-23-20-19-21-24-29-34-39-44-51-58-65-78(3)4/h78-83,88H,8-77H2,1-7H3,(H,93,94)(H,95,96)/t80?,81-,82-,83-/m1/s1. The van der Waals surface area contributed by atoms with E-state index in [0.717, 1.165) is 108 Å². The molecule has 0 amide bonds. The van der Waals surface area contributed by atoms with Crippen LogP contribution in [-0.4, -0.2) is 96.7 Å². The maximum atomic E-state index is 13.2. The molecule has 0 saturated heterocycles. The van der Waals surface area contributed by atoms with Gasteiger partial charge in [-0.25, -0.2) is 9.13 Å². The lowest BCUT2D eigenvalue weighted by Gasteiger charge is -2.21. The molecule has 3 N–H and O–H groups in total. The number of hydrogen-bond acceptors (Lipinski definition) is 15. The topological polar surface area (TPSA) is 237 Å². The third-order valence-corrected chi connectivity index (χ3v) is 22.6. The van der Waals surface area contributed by atoms with Gasteiger partial charge in [-0.2, -0.15) is 0 Å². The second kappa shape index (κ2) is 77.0. The zero-order chi connectivity index (χ0) is 77.9. The van der Waals surface area contributed by atoms with E-state index < -0.39 is 97.5 Å². The molecule has 0 saturated carbocycles. The van der Waals surface area contributed by atoms with Crippen molar-refractivity contribution in [1.29, 1.82) is 0 Å². The maximum absolute atomic E-state index is 13.2. The lowest BCUT2D eigenvalue weighted by Crippen LogP contribution is -2.30. The molecule has 17 nitrogen and oxygen atoms in total. The summed E-state index contributed by atoms with van der Waals surface area (Å²) in [6, 6.07) is 0. The molecule has 0 spiro atoms. The quantitative estimate of drug-likeness (QED) is 0.0222. The molecule has 0 aliphatic heterocycles. The van der Waals surface area contributed by atoms with Crippen molar-refractivity contribution >= 4 is 39.5 Å². The number of esters is 4. The van der Waals surface area contributed by atoms with Crippen molar-refractivity contribution < 1.29 is 80.2 Å². The van der Waals surface area contributed by atoms with E-state index in [2.05, 4.69) is 48.5 Å². The number of unbranched alkanes of at least 4 members (excludes halogenated alkanes) is 52. The molecule has 3 unspecified atom stereocenters. The van der Waals surface area contributed by atoms with Crippen LogP contribution in [0, 0.1) is 17.8 Å². The summed E-state index contributed by atoms with van der Waals surface area (Å²) in [5, 5.41) is 10.7. The van der Waals surface area contributed by atoms with Gasteiger partial charge in [-0.1, -0.05) is 408 Å². The highest BCUT2D eigenvalue weighted by molar-refractivity contribution is 7.47. The lowest BCUT2D eigenvalue weighted by molar-refractivity contribution is -0.161. The van der Waals surface area contributed by atoms with Crippen LogP contribution in [0.5, 0.6) is 0 Å². The fourth-order valence-corrected chi connectivity index (χ4v) is 15.1. The van der Waals surface area contributed by atoms with Crippen molar-refractivity contribution in [2.24, 2.45) is 17.8 Å². The van der Waals surface area contributed by atoms with Crippen LogP contribution in [0.25, 0.3) is 0 Å². The molecule has 0 rings (SSSR count). The molecule has 0 radical (unpaired) electrons. The number of aliphatic hydroxyl groups excluding tert-OH is 1. The number of aliphatic hydroxyl groups is 1. The summed E-state index contributed by atoms with van der Waals surface area (Å²) in [4.78, 5) is 73.2. The Morgan fingerprint density at radius 3 is 0.717 bits per heavy atom. The molecular weight excluding hydrogens is 1380 g/mol. The Kier molecular flexibility index (Phi) is 75.6. The van der Waals surface area contributed by atoms with Gasteiger partial charge in [-0.3, -0.25) is 37.3 Å². The Morgan fingerprint density at radius 2 is 0.481 bits per heavy atom. The molecule has 0 aromatic carbocycles. The Balaban J connectivity index is 5.21. The second-order valence-corrected chi connectivity index (χ2v) is 35.4.